The number of anilines is 1. The molecule has 1 amide bonds. The van der Waals surface area contributed by atoms with Crippen LogP contribution in [0.3, 0.4) is 0 Å². The molecule has 180 valence electrons. The minimum atomic E-state index is -4.63. The van der Waals surface area contributed by atoms with Gasteiger partial charge in [0.2, 0.25) is 0 Å². The highest BCUT2D eigenvalue weighted by Crippen LogP contribution is 2.65. The fourth-order valence-electron chi connectivity index (χ4n) is 5.54. The summed E-state index contributed by atoms with van der Waals surface area (Å²) >= 11 is 5.94. The highest BCUT2D eigenvalue weighted by molar-refractivity contribution is 6.31. The van der Waals surface area contributed by atoms with Crippen LogP contribution in [0.25, 0.3) is 0 Å². The highest BCUT2D eigenvalue weighted by Gasteiger charge is 2.70. The summed E-state index contributed by atoms with van der Waals surface area (Å²) in [4.78, 5) is 27.0. The van der Waals surface area contributed by atoms with Gasteiger partial charge >= 0.3 is 6.36 Å². The number of hydrogen-bond acceptors (Lipinski definition) is 6. The van der Waals surface area contributed by atoms with Gasteiger partial charge in [0, 0.05) is 29.8 Å². The van der Waals surface area contributed by atoms with Crippen LogP contribution in [0.4, 0.5) is 18.9 Å². The number of halogens is 4. The summed E-state index contributed by atoms with van der Waals surface area (Å²) in [5.41, 5.74) is 0.579. The fourth-order valence-corrected chi connectivity index (χ4v) is 5.71. The Kier molecular flexibility index (Phi) is 4.54. The zero-order chi connectivity index (χ0) is 23.9. The number of nitrogens with one attached hydrogen (secondary N) is 1. The maximum Gasteiger partial charge on any atom is 0.522 e. The maximum atomic E-state index is 12.8. The van der Waals surface area contributed by atoms with Gasteiger partial charge in [0.05, 0.1) is 29.4 Å². The first-order valence-corrected chi connectivity index (χ1v) is 11.3. The summed E-state index contributed by atoms with van der Waals surface area (Å²) < 4.78 is 48.5. The molecule has 0 radical (unpaired) electrons. The lowest BCUT2D eigenvalue weighted by molar-refractivity contribution is -0.344. The smallest absolute Gasteiger partial charge is 0.479 e. The van der Waals surface area contributed by atoms with Crippen molar-refractivity contribution in [2.24, 2.45) is 0 Å². The Morgan fingerprint density at radius 3 is 2.71 bits per heavy atom. The SMILES string of the molecule is O=C1C[C@H](C(=O)NC23CC(n4cc(N5CC(OC(F)(F)F)C5)cn4)(C2)C3)Oc2ccc(Cl)cc21. The lowest BCUT2D eigenvalue weighted by Crippen LogP contribution is -2.79. The molecule has 1 aromatic carbocycles. The number of ketones is 1. The molecule has 34 heavy (non-hydrogen) atoms. The van der Waals surface area contributed by atoms with E-state index in [0.717, 1.165) is 5.69 Å². The molecule has 1 saturated heterocycles. The Morgan fingerprint density at radius 2 is 2.00 bits per heavy atom. The van der Waals surface area contributed by atoms with E-state index in [1.807, 2.05) is 10.9 Å². The monoisotopic (exact) mass is 496 g/mol. The minimum absolute atomic E-state index is 0.0439. The molecule has 7 rings (SSSR count). The molecule has 2 aliphatic heterocycles. The van der Waals surface area contributed by atoms with Gasteiger partial charge in [-0.1, -0.05) is 11.6 Å². The van der Waals surface area contributed by atoms with Crippen molar-refractivity contribution in [3.63, 3.8) is 0 Å². The number of Topliss-reactive ketones (excluding diaryl/α,β-unsaturated/α-hetero) is 1. The Labute approximate surface area is 196 Å². The molecule has 3 heterocycles. The van der Waals surface area contributed by atoms with Gasteiger partial charge in [0.25, 0.3) is 5.91 Å². The molecule has 3 saturated carbocycles. The van der Waals surface area contributed by atoms with E-state index in [0.29, 0.717) is 35.6 Å². The molecule has 4 fully saturated rings. The first kappa shape index (κ1) is 21.7. The second-order valence-corrected chi connectivity index (χ2v) is 10.1. The quantitative estimate of drug-likeness (QED) is 0.685. The van der Waals surface area contributed by atoms with E-state index in [2.05, 4.69) is 15.2 Å². The summed E-state index contributed by atoms with van der Waals surface area (Å²) in [6.45, 7) is 0.321. The van der Waals surface area contributed by atoms with E-state index in [4.69, 9.17) is 16.3 Å². The van der Waals surface area contributed by atoms with E-state index in [1.165, 1.54) is 0 Å². The summed E-state index contributed by atoms with van der Waals surface area (Å²) in [5.74, 6) is -0.150. The molecular formula is C22H20ClF3N4O4. The standard InChI is InChI=1S/C22H20ClF3N4O4/c23-12-1-2-17-15(3-12)16(31)4-18(33-17)19(32)28-20-9-21(10-20,11-20)30-6-13(5-27-30)29-7-14(8-29)34-22(24,25)26/h1-3,5-6,14,18H,4,7-11H2,(H,28,32)/t18-,20?,21?/m1/s1. The van der Waals surface area contributed by atoms with Crippen LogP contribution in [-0.2, 0) is 15.1 Å². The highest BCUT2D eigenvalue weighted by atomic mass is 35.5. The van der Waals surface area contributed by atoms with Crippen molar-refractivity contribution in [1.29, 1.82) is 0 Å². The van der Waals surface area contributed by atoms with Crippen LogP contribution < -0.4 is 15.0 Å². The third kappa shape index (κ3) is 3.52. The van der Waals surface area contributed by atoms with Gasteiger partial charge in [-0.2, -0.15) is 5.10 Å². The Morgan fingerprint density at radius 1 is 1.26 bits per heavy atom. The molecule has 2 aromatic rings. The third-order valence-electron chi connectivity index (χ3n) is 7.13. The van der Waals surface area contributed by atoms with E-state index in [-0.39, 0.29) is 42.3 Å². The summed E-state index contributed by atoms with van der Waals surface area (Å²) in [7, 11) is 0. The number of amides is 1. The molecule has 0 spiro atoms. The van der Waals surface area contributed by atoms with Gasteiger partial charge in [-0.25, -0.2) is 0 Å². The number of aromatic nitrogens is 2. The Hall–Kier alpha value is -2.79. The van der Waals surface area contributed by atoms with Crippen LogP contribution >= 0.6 is 11.6 Å². The van der Waals surface area contributed by atoms with E-state index >= 15 is 0 Å². The number of rotatable bonds is 5. The second kappa shape index (κ2) is 7.11. The first-order chi connectivity index (χ1) is 16.0. The van der Waals surface area contributed by atoms with Crippen molar-refractivity contribution in [2.45, 2.75) is 55.3 Å². The predicted molar refractivity (Wildman–Crippen MR) is 113 cm³/mol. The van der Waals surface area contributed by atoms with Crippen LogP contribution in [0, 0.1) is 0 Å². The number of hydrogen-bond donors (Lipinski definition) is 1. The maximum absolute atomic E-state index is 12.8. The number of carbonyl (C=O) groups is 2. The number of fused-ring (bicyclic) bond motifs is 1. The molecule has 2 bridgehead atoms. The Bertz CT molecular complexity index is 1170. The molecular weight excluding hydrogens is 477 g/mol. The lowest BCUT2D eigenvalue weighted by atomic mass is 9.44. The van der Waals surface area contributed by atoms with Crippen molar-refractivity contribution in [3.8, 4) is 5.75 Å². The molecule has 5 aliphatic rings. The largest absolute Gasteiger partial charge is 0.522 e. The van der Waals surface area contributed by atoms with Crippen LogP contribution in [0.15, 0.2) is 30.6 Å². The van der Waals surface area contributed by atoms with Gasteiger partial charge in [0.15, 0.2) is 11.9 Å². The average Bonchev–Trinajstić information content (AvgIpc) is 3.14. The molecule has 8 nitrogen and oxygen atoms in total. The second-order valence-electron chi connectivity index (χ2n) is 9.63. The van der Waals surface area contributed by atoms with E-state index in [1.54, 1.807) is 29.3 Å². The van der Waals surface area contributed by atoms with E-state index in [9.17, 15) is 22.8 Å². The van der Waals surface area contributed by atoms with Crippen molar-refractivity contribution < 1.29 is 32.2 Å². The van der Waals surface area contributed by atoms with E-state index < -0.39 is 18.6 Å². The van der Waals surface area contributed by atoms with Gasteiger partial charge in [-0.15, -0.1) is 13.2 Å². The van der Waals surface area contributed by atoms with Crippen molar-refractivity contribution in [3.05, 3.63) is 41.2 Å². The van der Waals surface area contributed by atoms with Crippen LogP contribution in [0.1, 0.15) is 36.0 Å². The Balaban J connectivity index is 1.03. The molecule has 1 aromatic heterocycles. The van der Waals surface area contributed by atoms with Crippen molar-refractivity contribution in [1.82, 2.24) is 15.1 Å². The predicted octanol–water partition coefficient (Wildman–Crippen LogP) is 3.04. The molecule has 1 atom stereocenters. The first-order valence-electron chi connectivity index (χ1n) is 10.9. The summed E-state index contributed by atoms with van der Waals surface area (Å²) in [6.07, 6.45) is -0.870. The topological polar surface area (TPSA) is 85.7 Å². The van der Waals surface area contributed by atoms with Crippen LogP contribution in [0.2, 0.25) is 5.02 Å². The number of benzene rings is 1. The fraction of sp³-hybridized carbons (Fsp3) is 0.500. The number of carbonyl (C=O) groups excluding carboxylic acids is 2. The van der Waals surface area contributed by atoms with Crippen LogP contribution in [0.5, 0.6) is 5.75 Å². The normalized spacial score (nSPS) is 29.9. The molecule has 12 heteroatoms. The number of alkyl halides is 3. The lowest BCUT2D eigenvalue weighted by Gasteiger charge is -2.70. The van der Waals surface area contributed by atoms with Gasteiger partial charge in [0.1, 0.15) is 11.9 Å². The molecule has 0 unspecified atom stereocenters. The summed E-state index contributed by atoms with van der Waals surface area (Å²) in [6, 6.07) is 4.75. The van der Waals surface area contributed by atoms with Crippen molar-refractivity contribution >= 4 is 29.0 Å². The number of ether oxygens (including phenoxy) is 2. The molecule has 3 aliphatic carbocycles. The zero-order valence-corrected chi connectivity index (χ0v) is 18.5. The average molecular weight is 497 g/mol. The van der Waals surface area contributed by atoms with Gasteiger partial charge < -0.3 is 15.0 Å². The van der Waals surface area contributed by atoms with Gasteiger partial charge in [-0.3, -0.25) is 19.0 Å². The number of nitrogens with zero attached hydrogens (tertiary/aromatic N) is 3. The minimum Gasteiger partial charge on any atom is -0.479 e. The van der Waals surface area contributed by atoms with Crippen LogP contribution in [-0.4, -0.2) is 58.7 Å². The third-order valence-corrected chi connectivity index (χ3v) is 7.37. The molecule has 1 N–H and O–H groups in total. The zero-order valence-electron chi connectivity index (χ0n) is 17.8. The van der Waals surface area contributed by atoms with Crippen molar-refractivity contribution in [2.75, 3.05) is 18.0 Å². The summed E-state index contributed by atoms with van der Waals surface area (Å²) in [5, 5.41) is 7.89. The van der Waals surface area contributed by atoms with Gasteiger partial charge in [-0.05, 0) is 37.5 Å².